The van der Waals surface area contributed by atoms with Gasteiger partial charge in [-0.3, -0.25) is 4.79 Å². The molecule has 2 heterocycles. The van der Waals surface area contributed by atoms with E-state index in [0.717, 1.165) is 0 Å². The number of carbonyl (C=O) groups excluding carboxylic acids is 1. The molecule has 7 unspecified atom stereocenters. The second-order valence-electron chi connectivity index (χ2n) is 8.40. The van der Waals surface area contributed by atoms with Gasteiger partial charge in [0.1, 0.15) is 18.0 Å². The van der Waals surface area contributed by atoms with Crippen molar-refractivity contribution < 1.29 is 34.3 Å². The summed E-state index contributed by atoms with van der Waals surface area (Å²) in [5.41, 5.74) is -0.162. The van der Waals surface area contributed by atoms with Crippen LogP contribution in [-0.4, -0.2) is 64.3 Å². The van der Waals surface area contributed by atoms with Crippen molar-refractivity contribution in [1.82, 2.24) is 0 Å². The Kier molecular flexibility index (Phi) is 4.74. The molecule has 1 aromatic carbocycles. The molecule has 152 valence electrons. The van der Waals surface area contributed by atoms with Gasteiger partial charge < -0.3 is 29.5 Å². The molecule has 7 nitrogen and oxygen atoms in total. The normalized spacial score (nSPS) is 37.7. The smallest absolute Gasteiger partial charge is 0.175 e. The first kappa shape index (κ1) is 19.4. The number of phenolic OH excluding ortho intramolecular Hbond substituents is 1. The number of rotatable bonds is 3. The van der Waals surface area contributed by atoms with E-state index in [4.69, 9.17) is 14.2 Å². The number of fused-ring (bicyclic) bond motifs is 2. The number of aliphatic hydroxyl groups is 2. The van der Waals surface area contributed by atoms with Gasteiger partial charge in [0.05, 0.1) is 41.7 Å². The molecule has 0 aromatic heterocycles. The molecule has 28 heavy (non-hydrogen) atoms. The average Bonchev–Trinajstić information content (AvgIpc) is 3.02. The Hall–Kier alpha value is -1.93. The number of hydrogen-bond donors (Lipinski definition) is 3. The molecule has 0 amide bonds. The van der Waals surface area contributed by atoms with Crippen LogP contribution in [0.15, 0.2) is 30.5 Å². The maximum atomic E-state index is 13.2. The molecule has 1 aromatic rings. The Morgan fingerprint density at radius 3 is 2.46 bits per heavy atom. The molecular formula is C21H26O7. The highest BCUT2D eigenvalue weighted by Crippen LogP contribution is 2.47. The van der Waals surface area contributed by atoms with E-state index in [0.29, 0.717) is 17.6 Å². The molecule has 3 N–H and O–H groups in total. The van der Waals surface area contributed by atoms with Crippen LogP contribution >= 0.6 is 0 Å². The minimum absolute atomic E-state index is 0.107. The fourth-order valence-corrected chi connectivity index (χ4v) is 4.79. The summed E-state index contributed by atoms with van der Waals surface area (Å²) < 4.78 is 17.5. The van der Waals surface area contributed by atoms with E-state index in [-0.39, 0.29) is 17.6 Å². The van der Waals surface area contributed by atoms with Gasteiger partial charge in [0.15, 0.2) is 5.78 Å². The number of carbonyl (C=O) groups is 1. The molecule has 0 bridgehead atoms. The molecular weight excluding hydrogens is 364 g/mol. The minimum Gasteiger partial charge on any atom is -0.508 e. The Morgan fingerprint density at radius 2 is 1.86 bits per heavy atom. The predicted octanol–water partition coefficient (Wildman–Crippen LogP) is 1.25. The van der Waals surface area contributed by atoms with Crippen molar-refractivity contribution in [3.63, 3.8) is 0 Å². The lowest BCUT2D eigenvalue weighted by Gasteiger charge is -2.43. The van der Waals surface area contributed by atoms with Crippen LogP contribution in [0.5, 0.6) is 5.75 Å². The van der Waals surface area contributed by atoms with Gasteiger partial charge >= 0.3 is 0 Å². The first-order chi connectivity index (χ1) is 13.2. The SMILES string of the molecule is COC1C2C(CC3OC=C(c4ccc(O)cc4)C(=O)C3C2O)OC1C(C)(C)O. The Morgan fingerprint density at radius 1 is 1.18 bits per heavy atom. The van der Waals surface area contributed by atoms with Crippen molar-refractivity contribution >= 4 is 11.4 Å². The van der Waals surface area contributed by atoms with Gasteiger partial charge in [-0.05, 0) is 31.5 Å². The third kappa shape index (κ3) is 3.03. The molecule has 2 fully saturated rings. The van der Waals surface area contributed by atoms with Gasteiger partial charge in [-0.1, -0.05) is 12.1 Å². The number of ether oxygens (including phenoxy) is 3. The van der Waals surface area contributed by atoms with Crippen molar-refractivity contribution in [2.75, 3.05) is 7.11 Å². The molecule has 7 heteroatoms. The topological polar surface area (TPSA) is 105 Å². The van der Waals surface area contributed by atoms with Crippen LogP contribution in [0, 0.1) is 11.8 Å². The van der Waals surface area contributed by atoms with Crippen molar-refractivity contribution in [1.29, 1.82) is 0 Å². The lowest BCUT2D eigenvalue weighted by molar-refractivity contribution is -0.149. The lowest BCUT2D eigenvalue weighted by atomic mass is 9.69. The summed E-state index contributed by atoms with van der Waals surface area (Å²) in [5.74, 6) is -1.27. The first-order valence-electron chi connectivity index (χ1n) is 9.50. The highest BCUT2D eigenvalue weighted by molar-refractivity contribution is 6.22. The number of aromatic hydroxyl groups is 1. The van der Waals surface area contributed by atoms with Gasteiger partial charge in [-0.25, -0.2) is 0 Å². The zero-order valence-corrected chi connectivity index (χ0v) is 16.1. The molecule has 3 aliphatic rings. The number of ketones is 1. The fourth-order valence-electron chi connectivity index (χ4n) is 4.79. The van der Waals surface area contributed by atoms with Gasteiger partial charge in [0.25, 0.3) is 0 Å². The largest absolute Gasteiger partial charge is 0.508 e. The van der Waals surface area contributed by atoms with Crippen molar-refractivity contribution in [3.8, 4) is 5.75 Å². The predicted molar refractivity (Wildman–Crippen MR) is 99.3 cm³/mol. The minimum atomic E-state index is -1.15. The van der Waals surface area contributed by atoms with E-state index in [1.54, 1.807) is 26.0 Å². The number of Topliss-reactive ketones (excluding diaryl/α,β-unsaturated/α-hetero) is 1. The zero-order chi connectivity index (χ0) is 20.2. The van der Waals surface area contributed by atoms with Crippen LogP contribution in [0.1, 0.15) is 25.8 Å². The monoisotopic (exact) mass is 390 g/mol. The molecule has 1 saturated carbocycles. The van der Waals surface area contributed by atoms with E-state index < -0.39 is 41.9 Å². The van der Waals surface area contributed by atoms with Crippen LogP contribution < -0.4 is 0 Å². The Balaban J connectivity index is 1.63. The number of benzene rings is 1. The molecule has 2 aliphatic heterocycles. The summed E-state index contributed by atoms with van der Waals surface area (Å²) in [4.78, 5) is 13.2. The summed E-state index contributed by atoms with van der Waals surface area (Å²) in [5, 5.41) is 31.1. The Labute approximate surface area is 163 Å². The van der Waals surface area contributed by atoms with E-state index in [9.17, 15) is 20.1 Å². The molecule has 1 aliphatic carbocycles. The fraction of sp³-hybridized carbons (Fsp3) is 0.571. The van der Waals surface area contributed by atoms with Gasteiger partial charge in [-0.15, -0.1) is 0 Å². The molecule has 4 rings (SSSR count). The summed E-state index contributed by atoms with van der Waals surface area (Å²) in [6.45, 7) is 3.29. The maximum absolute atomic E-state index is 13.2. The van der Waals surface area contributed by atoms with Gasteiger partial charge in [0, 0.05) is 19.4 Å². The molecule has 0 radical (unpaired) electrons. The second-order valence-corrected chi connectivity index (χ2v) is 8.40. The summed E-state index contributed by atoms with van der Waals surface area (Å²) in [6, 6.07) is 6.29. The summed E-state index contributed by atoms with van der Waals surface area (Å²) in [7, 11) is 1.52. The third-order valence-electron chi connectivity index (χ3n) is 6.13. The highest BCUT2D eigenvalue weighted by atomic mass is 16.6. The van der Waals surface area contributed by atoms with E-state index >= 15 is 0 Å². The van der Waals surface area contributed by atoms with Gasteiger partial charge in [-0.2, -0.15) is 0 Å². The van der Waals surface area contributed by atoms with Crippen molar-refractivity contribution in [2.45, 2.75) is 56.4 Å². The second kappa shape index (κ2) is 6.84. The summed E-state index contributed by atoms with van der Waals surface area (Å²) in [6.07, 6.45) is -1.16. The number of aliphatic hydroxyl groups excluding tert-OH is 1. The Bertz CT molecular complexity index is 779. The number of hydrogen-bond acceptors (Lipinski definition) is 7. The number of phenols is 1. The van der Waals surface area contributed by atoms with E-state index in [1.807, 2.05) is 0 Å². The van der Waals surface area contributed by atoms with E-state index in [2.05, 4.69) is 0 Å². The lowest BCUT2D eigenvalue weighted by Crippen LogP contribution is -2.56. The first-order valence-corrected chi connectivity index (χ1v) is 9.50. The summed E-state index contributed by atoms with van der Waals surface area (Å²) >= 11 is 0. The molecule has 7 atom stereocenters. The van der Waals surface area contributed by atoms with E-state index in [1.165, 1.54) is 25.5 Å². The van der Waals surface area contributed by atoms with Crippen LogP contribution in [0.2, 0.25) is 0 Å². The van der Waals surface area contributed by atoms with Crippen LogP contribution in [0.4, 0.5) is 0 Å². The van der Waals surface area contributed by atoms with Crippen molar-refractivity contribution in [2.24, 2.45) is 11.8 Å². The standard InChI is InChI=1S/C21H26O7/c1-21(2,25)20-19(26-3)16-14(28-20)8-13-15(18(16)24)17(23)12(9-27-13)10-4-6-11(22)7-5-10/h4-7,9,13-16,18-20,22,24-25H,8H2,1-3H3. The number of allylic oxidation sites excluding steroid dienone is 1. The highest BCUT2D eigenvalue weighted by Gasteiger charge is 2.60. The van der Waals surface area contributed by atoms with Crippen LogP contribution in [0.3, 0.4) is 0 Å². The van der Waals surface area contributed by atoms with Crippen molar-refractivity contribution in [3.05, 3.63) is 36.1 Å². The number of methoxy groups -OCH3 is 1. The average molecular weight is 390 g/mol. The molecule has 1 saturated heterocycles. The van der Waals surface area contributed by atoms with Crippen LogP contribution in [0.25, 0.3) is 5.57 Å². The third-order valence-corrected chi connectivity index (χ3v) is 6.13. The quantitative estimate of drug-likeness (QED) is 0.713. The maximum Gasteiger partial charge on any atom is 0.175 e. The van der Waals surface area contributed by atoms with Gasteiger partial charge in [0.2, 0.25) is 0 Å². The van der Waals surface area contributed by atoms with Crippen LogP contribution in [-0.2, 0) is 19.0 Å². The molecule has 0 spiro atoms. The zero-order valence-electron chi connectivity index (χ0n) is 16.1.